The van der Waals surface area contributed by atoms with Crippen molar-refractivity contribution in [2.75, 3.05) is 18.9 Å². The molecule has 0 fully saturated rings. The Morgan fingerprint density at radius 1 is 0.812 bits per heavy atom. The maximum absolute atomic E-state index is 13.0. The largest absolute Gasteiger partial charge is 0.497 e. The van der Waals surface area contributed by atoms with Crippen LogP contribution in [0.1, 0.15) is 48.4 Å². The van der Waals surface area contributed by atoms with Gasteiger partial charge in [-0.3, -0.25) is 4.72 Å². The van der Waals surface area contributed by atoms with Crippen molar-refractivity contribution in [3.05, 3.63) is 47.5 Å². The van der Waals surface area contributed by atoms with E-state index in [1.807, 2.05) is 0 Å². The Bertz CT molecular complexity index is 1050. The van der Waals surface area contributed by atoms with E-state index in [-0.39, 0.29) is 27.5 Å². The molecule has 32 heavy (non-hydrogen) atoms. The van der Waals surface area contributed by atoms with Crippen LogP contribution >= 0.6 is 0 Å². The fraction of sp³-hybridized carbons (Fsp3) is 0.364. The minimum Gasteiger partial charge on any atom is -0.497 e. The fourth-order valence-corrected chi connectivity index (χ4v) is 3.89. The van der Waals surface area contributed by atoms with Crippen molar-refractivity contribution in [1.82, 2.24) is 0 Å². The SMILES string of the molecule is COc1ccc(S(=O)(=O)Nc2cc(C(=O)OC(C)C)cc(C(=O)OC(C)C)c2)c(OC)c1. The van der Waals surface area contributed by atoms with Gasteiger partial charge in [0.2, 0.25) is 0 Å². The number of carbonyl (C=O) groups is 2. The molecule has 2 aromatic rings. The molecule has 0 aliphatic carbocycles. The lowest BCUT2D eigenvalue weighted by Gasteiger charge is -2.15. The Morgan fingerprint density at radius 2 is 1.34 bits per heavy atom. The number of methoxy groups -OCH3 is 2. The second-order valence-electron chi connectivity index (χ2n) is 7.33. The maximum atomic E-state index is 13.0. The van der Waals surface area contributed by atoms with Gasteiger partial charge < -0.3 is 18.9 Å². The molecule has 0 spiro atoms. The zero-order valence-corrected chi connectivity index (χ0v) is 19.6. The minimum absolute atomic E-state index is 0.00342. The van der Waals surface area contributed by atoms with Crippen molar-refractivity contribution in [1.29, 1.82) is 0 Å². The first-order chi connectivity index (χ1) is 15.0. The summed E-state index contributed by atoms with van der Waals surface area (Å²) in [5.41, 5.74) is -0.0237. The predicted octanol–water partition coefficient (Wildman–Crippen LogP) is 3.64. The lowest BCUT2D eigenvalue weighted by atomic mass is 10.1. The van der Waals surface area contributed by atoms with E-state index in [2.05, 4.69) is 4.72 Å². The first-order valence-electron chi connectivity index (χ1n) is 9.78. The normalized spacial score (nSPS) is 11.2. The second-order valence-corrected chi connectivity index (χ2v) is 8.98. The molecule has 2 aromatic carbocycles. The number of esters is 2. The van der Waals surface area contributed by atoms with Crippen molar-refractivity contribution in [3.63, 3.8) is 0 Å². The number of rotatable bonds is 9. The van der Waals surface area contributed by atoms with Gasteiger partial charge in [0, 0.05) is 6.07 Å². The molecule has 2 rings (SSSR count). The molecule has 0 aliphatic heterocycles. The van der Waals surface area contributed by atoms with Crippen LogP contribution in [0.2, 0.25) is 0 Å². The van der Waals surface area contributed by atoms with E-state index in [0.717, 1.165) is 0 Å². The number of anilines is 1. The highest BCUT2D eigenvalue weighted by Crippen LogP contribution is 2.30. The van der Waals surface area contributed by atoms with E-state index in [4.69, 9.17) is 18.9 Å². The van der Waals surface area contributed by atoms with E-state index < -0.39 is 34.2 Å². The third kappa shape index (κ3) is 6.36. The topological polar surface area (TPSA) is 117 Å². The molecule has 0 heterocycles. The second kappa shape index (κ2) is 10.4. The first kappa shape index (κ1) is 25.0. The van der Waals surface area contributed by atoms with Gasteiger partial charge in [-0.05, 0) is 58.0 Å². The van der Waals surface area contributed by atoms with Crippen LogP contribution in [0.15, 0.2) is 41.3 Å². The van der Waals surface area contributed by atoms with Gasteiger partial charge in [-0.15, -0.1) is 0 Å². The summed E-state index contributed by atoms with van der Waals surface area (Å²) in [5, 5.41) is 0. The average Bonchev–Trinajstić information content (AvgIpc) is 2.71. The number of sulfonamides is 1. The first-order valence-corrected chi connectivity index (χ1v) is 11.3. The van der Waals surface area contributed by atoms with E-state index in [9.17, 15) is 18.0 Å². The van der Waals surface area contributed by atoms with Crippen molar-refractivity contribution < 1.29 is 37.0 Å². The summed E-state index contributed by atoms with van der Waals surface area (Å²) in [6.45, 7) is 6.70. The standard InChI is InChI=1S/C22H27NO8S/c1-13(2)30-21(24)15-9-16(22(25)31-14(3)4)11-17(10-15)23-32(26,27)20-8-7-18(28-5)12-19(20)29-6/h7-14,23H,1-6H3. The summed E-state index contributed by atoms with van der Waals surface area (Å²) in [7, 11) is -1.37. The molecular weight excluding hydrogens is 438 g/mol. The van der Waals surface area contributed by atoms with Crippen LogP contribution in [0.25, 0.3) is 0 Å². The fourth-order valence-electron chi connectivity index (χ4n) is 2.69. The van der Waals surface area contributed by atoms with Gasteiger partial charge in [0.1, 0.15) is 16.4 Å². The number of benzene rings is 2. The zero-order valence-electron chi connectivity index (χ0n) is 18.8. The Labute approximate surface area is 187 Å². The highest BCUT2D eigenvalue weighted by atomic mass is 32.2. The van der Waals surface area contributed by atoms with Crippen molar-refractivity contribution in [2.45, 2.75) is 44.8 Å². The Morgan fingerprint density at radius 3 is 1.78 bits per heavy atom. The van der Waals surface area contributed by atoms with Gasteiger partial charge in [-0.2, -0.15) is 0 Å². The van der Waals surface area contributed by atoms with E-state index in [0.29, 0.717) is 5.75 Å². The van der Waals surface area contributed by atoms with Gasteiger partial charge in [-0.25, -0.2) is 18.0 Å². The summed E-state index contributed by atoms with van der Waals surface area (Å²) in [6.07, 6.45) is -0.810. The monoisotopic (exact) mass is 465 g/mol. The molecule has 9 nitrogen and oxygen atoms in total. The number of carbonyl (C=O) groups excluding carboxylic acids is 2. The van der Waals surface area contributed by atoms with Gasteiger partial charge in [0.25, 0.3) is 10.0 Å². The number of ether oxygens (including phenoxy) is 4. The molecule has 174 valence electrons. The van der Waals surface area contributed by atoms with E-state index >= 15 is 0 Å². The Hall–Kier alpha value is -3.27. The van der Waals surface area contributed by atoms with Crippen LogP contribution in [0.3, 0.4) is 0 Å². The third-order valence-corrected chi connectivity index (χ3v) is 5.42. The smallest absolute Gasteiger partial charge is 0.338 e. The van der Waals surface area contributed by atoms with Crippen LogP contribution in [-0.4, -0.2) is 46.8 Å². The Kier molecular flexibility index (Phi) is 8.09. The zero-order chi connectivity index (χ0) is 24.1. The quantitative estimate of drug-likeness (QED) is 0.558. The summed E-state index contributed by atoms with van der Waals surface area (Å²) in [5.74, 6) is -0.937. The summed E-state index contributed by atoms with van der Waals surface area (Å²) in [6, 6.07) is 8.08. The number of nitrogens with one attached hydrogen (secondary N) is 1. The molecule has 0 aromatic heterocycles. The van der Waals surface area contributed by atoms with Crippen LogP contribution in [0, 0.1) is 0 Å². The number of hydrogen-bond acceptors (Lipinski definition) is 8. The lowest BCUT2D eigenvalue weighted by molar-refractivity contribution is 0.0377. The maximum Gasteiger partial charge on any atom is 0.338 e. The summed E-state index contributed by atoms with van der Waals surface area (Å²) < 4.78 is 49.1. The predicted molar refractivity (Wildman–Crippen MR) is 118 cm³/mol. The van der Waals surface area contributed by atoms with Crippen LogP contribution in [0.4, 0.5) is 5.69 Å². The van der Waals surface area contributed by atoms with Crippen LogP contribution < -0.4 is 14.2 Å². The minimum atomic E-state index is -4.15. The molecule has 0 aliphatic rings. The van der Waals surface area contributed by atoms with Gasteiger partial charge >= 0.3 is 11.9 Å². The highest BCUT2D eigenvalue weighted by Gasteiger charge is 2.23. The van der Waals surface area contributed by atoms with Crippen LogP contribution in [-0.2, 0) is 19.5 Å². The van der Waals surface area contributed by atoms with Gasteiger partial charge in [0.15, 0.2) is 0 Å². The molecule has 0 amide bonds. The Balaban J connectivity index is 2.51. The van der Waals surface area contributed by atoms with Gasteiger partial charge in [-0.1, -0.05) is 0 Å². The average molecular weight is 466 g/mol. The van der Waals surface area contributed by atoms with Crippen molar-refractivity contribution in [3.8, 4) is 11.5 Å². The molecule has 0 saturated carbocycles. The van der Waals surface area contributed by atoms with Crippen LogP contribution in [0.5, 0.6) is 11.5 Å². The molecule has 0 radical (unpaired) electrons. The van der Waals surface area contributed by atoms with Crippen molar-refractivity contribution >= 4 is 27.6 Å². The van der Waals surface area contributed by atoms with E-state index in [1.165, 1.54) is 50.6 Å². The summed E-state index contributed by atoms with van der Waals surface area (Å²) in [4.78, 5) is 24.7. The summed E-state index contributed by atoms with van der Waals surface area (Å²) >= 11 is 0. The molecule has 0 saturated heterocycles. The van der Waals surface area contributed by atoms with Crippen molar-refractivity contribution in [2.24, 2.45) is 0 Å². The van der Waals surface area contributed by atoms with E-state index in [1.54, 1.807) is 27.7 Å². The molecule has 0 unspecified atom stereocenters. The molecule has 10 heteroatoms. The molecular formula is C22H27NO8S. The molecule has 0 atom stereocenters. The lowest BCUT2D eigenvalue weighted by Crippen LogP contribution is -2.18. The van der Waals surface area contributed by atoms with Gasteiger partial charge in [0.05, 0.1) is 43.2 Å². The molecule has 1 N–H and O–H groups in total. The number of hydrogen-bond donors (Lipinski definition) is 1. The third-order valence-electron chi connectivity index (χ3n) is 4.00. The molecule has 0 bridgehead atoms. The highest BCUT2D eigenvalue weighted by molar-refractivity contribution is 7.92.